The lowest BCUT2D eigenvalue weighted by atomic mass is 10.2. The monoisotopic (exact) mass is 276 g/mol. The summed E-state index contributed by atoms with van der Waals surface area (Å²) in [6.45, 7) is 3.44. The van der Waals surface area contributed by atoms with E-state index in [1.807, 2.05) is 11.8 Å². The van der Waals surface area contributed by atoms with Crippen LogP contribution in [0.25, 0.3) is 0 Å². The van der Waals surface area contributed by atoms with Crippen LogP contribution in [0.4, 0.5) is 0 Å². The maximum absolute atomic E-state index is 11.2. The number of esters is 1. The fourth-order valence-electron chi connectivity index (χ4n) is 1.32. The van der Waals surface area contributed by atoms with E-state index in [1.54, 1.807) is 12.3 Å². The molecule has 0 bridgehead atoms. The molecule has 0 saturated heterocycles. The van der Waals surface area contributed by atoms with E-state index in [0.717, 1.165) is 5.56 Å². The van der Waals surface area contributed by atoms with E-state index >= 15 is 0 Å². The molecule has 0 spiro atoms. The van der Waals surface area contributed by atoms with Crippen LogP contribution in [0.3, 0.4) is 0 Å². The van der Waals surface area contributed by atoms with Crippen molar-refractivity contribution in [1.29, 1.82) is 0 Å². The van der Waals surface area contributed by atoms with Gasteiger partial charge in [-0.25, -0.2) is 4.98 Å². The van der Waals surface area contributed by atoms with Crippen molar-refractivity contribution in [3.63, 3.8) is 0 Å². The fraction of sp³-hybridized carbons (Fsp3) is 0.455. The molecule has 0 unspecified atom stereocenters. The summed E-state index contributed by atoms with van der Waals surface area (Å²) in [4.78, 5) is 17.0. The van der Waals surface area contributed by atoms with Crippen LogP contribution in [0.1, 0.15) is 12.5 Å². The van der Waals surface area contributed by atoms with Crippen LogP contribution in [0.2, 0.25) is 10.2 Å². The van der Waals surface area contributed by atoms with Crippen LogP contribution < -0.4 is 0 Å². The second-order valence-corrected chi connectivity index (χ2v) is 4.27. The van der Waals surface area contributed by atoms with Crippen LogP contribution in [-0.4, -0.2) is 36.1 Å². The summed E-state index contributed by atoms with van der Waals surface area (Å²) in [5.41, 5.74) is 0.835. The van der Waals surface area contributed by atoms with Gasteiger partial charge in [0.1, 0.15) is 5.15 Å². The van der Waals surface area contributed by atoms with Gasteiger partial charge in [-0.2, -0.15) is 0 Å². The molecule has 0 saturated carbocycles. The van der Waals surface area contributed by atoms with Crippen LogP contribution in [0.15, 0.2) is 12.3 Å². The molecule has 0 aromatic carbocycles. The van der Waals surface area contributed by atoms with Gasteiger partial charge in [-0.3, -0.25) is 9.69 Å². The summed E-state index contributed by atoms with van der Waals surface area (Å²) in [7, 11) is 1.37. The van der Waals surface area contributed by atoms with Gasteiger partial charge < -0.3 is 4.74 Å². The first-order valence-electron chi connectivity index (χ1n) is 5.16. The summed E-state index contributed by atoms with van der Waals surface area (Å²) in [5, 5.41) is 0.906. The summed E-state index contributed by atoms with van der Waals surface area (Å²) in [6, 6.07) is 1.59. The zero-order valence-corrected chi connectivity index (χ0v) is 11.3. The Bertz CT molecular complexity index is 399. The molecule has 17 heavy (non-hydrogen) atoms. The third-order valence-corrected chi connectivity index (χ3v) is 2.88. The highest BCUT2D eigenvalue weighted by Crippen LogP contribution is 2.19. The first kappa shape index (κ1) is 14.2. The Morgan fingerprint density at radius 3 is 2.76 bits per heavy atom. The lowest BCUT2D eigenvalue weighted by Crippen LogP contribution is -2.30. The van der Waals surface area contributed by atoms with Crippen LogP contribution in [0, 0.1) is 0 Å². The zero-order chi connectivity index (χ0) is 12.8. The highest BCUT2D eigenvalue weighted by atomic mass is 35.5. The van der Waals surface area contributed by atoms with Gasteiger partial charge in [0, 0.05) is 23.3 Å². The molecule has 4 nitrogen and oxygen atoms in total. The Balaban J connectivity index is 2.70. The van der Waals surface area contributed by atoms with Gasteiger partial charge in [-0.15, -0.1) is 0 Å². The molecule has 1 heterocycles. The molecule has 1 rings (SSSR count). The van der Waals surface area contributed by atoms with E-state index in [1.165, 1.54) is 7.11 Å². The number of carbonyl (C=O) groups is 1. The largest absolute Gasteiger partial charge is 0.468 e. The Morgan fingerprint density at radius 1 is 1.53 bits per heavy atom. The minimum absolute atomic E-state index is 0.228. The standard InChI is InChI=1S/C11H14Cl2N2O2/c1-3-15(7-11(16)17-2)6-8-5-14-10(13)4-9(8)12/h4-5H,3,6-7H2,1-2H3. The number of aromatic nitrogens is 1. The number of halogens is 2. The first-order chi connectivity index (χ1) is 8.06. The molecule has 0 atom stereocenters. The number of carbonyl (C=O) groups excluding carboxylic acids is 1. The molecule has 0 fully saturated rings. The highest BCUT2D eigenvalue weighted by molar-refractivity contribution is 6.34. The van der Waals surface area contributed by atoms with Crippen molar-refractivity contribution in [2.45, 2.75) is 13.5 Å². The highest BCUT2D eigenvalue weighted by Gasteiger charge is 2.12. The Hall–Kier alpha value is -0.840. The summed E-state index contributed by atoms with van der Waals surface area (Å²) in [5.74, 6) is -0.273. The average Bonchev–Trinajstić information content (AvgIpc) is 2.31. The van der Waals surface area contributed by atoms with Gasteiger partial charge in [0.25, 0.3) is 0 Å². The number of pyridine rings is 1. The summed E-state index contributed by atoms with van der Waals surface area (Å²) in [6.07, 6.45) is 1.62. The van der Waals surface area contributed by atoms with E-state index in [9.17, 15) is 4.79 Å². The predicted octanol–water partition coefficient (Wildman–Crippen LogP) is 2.38. The molecule has 0 aliphatic rings. The molecule has 6 heteroatoms. The zero-order valence-electron chi connectivity index (χ0n) is 9.74. The van der Waals surface area contributed by atoms with E-state index in [4.69, 9.17) is 23.2 Å². The number of nitrogens with zero attached hydrogens (tertiary/aromatic N) is 2. The van der Waals surface area contributed by atoms with Gasteiger partial charge in [-0.05, 0) is 12.6 Å². The molecule has 1 aromatic heterocycles. The predicted molar refractivity (Wildman–Crippen MR) is 67.2 cm³/mol. The molecule has 0 aliphatic heterocycles. The maximum Gasteiger partial charge on any atom is 0.319 e. The molecule has 94 valence electrons. The Kier molecular flexibility index (Phi) is 5.68. The number of methoxy groups -OCH3 is 1. The Labute approximate surface area is 110 Å². The SMILES string of the molecule is CCN(CC(=O)OC)Cc1cnc(Cl)cc1Cl. The number of hydrogen-bond donors (Lipinski definition) is 0. The molecular formula is C11H14Cl2N2O2. The van der Waals surface area contributed by atoms with E-state index < -0.39 is 0 Å². The molecule has 0 N–H and O–H groups in total. The molecular weight excluding hydrogens is 263 g/mol. The van der Waals surface area contributed by atoms with Crippen molar-refractivity contribution < 1.29 is 9.53 Å². The lowest BCUT2D eigenvalue weighted by Gasteiger charge is -2.19. The van der Waals surface area contributed by atoms with E-state index in [2.05, 4.69) is 9.72 Å². The second kappa shape index (κ2) is 6.79. The maximum atomic E-state index is 11.2. The van der Waals surface area contributed by atoms with Crippen molar-refractivity contribution in [2.75, 3.05) is 20.2 Å². The van der Waals surface area contributed by atoms with Crippen LogP contribution >= 0.6 is 23.2 Å². The normalized spacial score (nSPS) is 10.6. The van der Waals surface area contributed by atoms with Crippen molar-refractivity contribution in [2.24, 2.45) is 0 Å². The third-order valence-electron chi connectivity index (χ3n) is 2.32. The first-order valence-corrected chi connectivity index (χ1v) is 5.91. The van der Waals surface area contributed by atoms with Gasteiger partial charge in [0.2, 0.25) is 0 Å². The van der Waals surface area contributed by atoms with Crippen molar-refractivity contribution in [3.05, 3.63) is 28.0 Å². The summed E-state index contributed by atoms with van der Waals surface area (Å²) < 4.78 is 4.62. The third kappa shape index (κ3) is 4.50. The second-order valence-electron chi connectivity index (χ2n) is 3.48. The van der Waals surface area contributed by atoms with Crippen LogP contribution in [-0.2, 0) is 16.1 Å². The minimum Gasteiger partial charge on any atom is -0.468 e. The lowest BCUT2D eigenvalue weighted by molar-refractivity contribution is -0.142. The topological polar surface area (TPSA) is 42.4 Å². The Morgan fingerprint density at radius 2 is 2.24 bits per heavy atom. The van der Waals surface area contributed by atoms with Crippen molar-refractivity contribution in [3.8, 4) is 0 Å². The number of hydrogen-bond acceptors (Lipinski definition) is 4. The van der Waals surface area contributed by atoms with E-state index in [-0.39, 0.29) is 12.5 Å². The summed E-state index contributed by atoms with van der Waals surface area (Å²) >= 11 is 11.7. The quantitative estimate of drug-likeness (QED) is 0.612. The van der Waals surface area contributed by atoms with E-state index in [0.29, 0.717) is 23.3 Å². The fourth-order valence-corrected chi connectivity index (χ4v) is 1.75. The minimum atomic E-state index is -0.273. The van der Waals surface area contributed by atoms with Crippen LogP contribution in [0.5, 0.6) is 0 Å². The van der Waals surface area contributed by atoms with Gasteiger partial charge in [0.15, 0.2) is 0 Å². The molecule has 0 radical (unpaired) electrons. The van der Waals surface area contributed by atoms with Crippen molar-refractivity contribution in [1.82, 2.24) is 9.88 Å². The smallest absolute Gasteiger partial charge is 0.319 e. The molecule has 0 amide bonds. The van der Waals surface area contributed by atoms with Gasteiger partial charge in [-0.1, -0.05) is 30.1 Å². The molecule has 1 aromatic rings. The average molecular weight is 277 g/mol. The molecule has 0 aliphatic carbocycles. The van der Waals surface area contributed by atoms with Gasteiger partial charge >= 0.3 is 5.97 Å². The van der Waals surface area contributed by atoms with Gasteiger partial charge in [0.05, 0.1) is 13.7 Å². The van der Waals surface area contributed by atoms with Crippen molar-refractivity contribution >= 4 is 29.2 Å². The number of rotatable bonds is 5. The number of likely N-dealkylation sites (N-methyl/N-ethyl adjacent to an activating group) is 1. The number of ether oxygens (including phenoxy) is 1.